The number of carbonyl (C=O) groups excluding carboxylic acids is 2. The van der Waals surface area contributed by atoms with Crippen LogP contribution in [0.2, 0.25) is 0 Å². The minimum absolute atomic E-state index is 0.0828. The normalized spacial score (nSPS) is 18.4. The van der Waals surface area contributed by atoms with E-state index in [1.165, 1.54) is 4.90 Å². The van der Waals surface area contributed by atoms with Gasteiger partial charge in [0, 0.05) is 13.1 Å². The van der Waals surface area contributed by atoms with E-state index in [0.29, 0.717) is 6.42 Å². The van der Waals surface area contributed by atoms with E-state index in [9.17, 15) is 22.8 Å². The Balaban J connectivity index is 2.42. The van der Waals surface area contributed by atoms with Gasteiger partial charge < -0.3 is 15.4 Å². The second kappa shape index (κ2) is 5.82. The lowest BCUT2D eigenvalue weighted by molar-refractivity contribution is -0.141. The first-order chi connectivity index (χ1) is 10.2. The number of aromatic nitrogens is 1. The van der Waals surface area contributed by atoms with Crippen molar-refractivity contribution in [1.29, 1.82) is 0 Å². The minimum Gasteiger partial charge on any atom is -0.465 e. The molecule has 120 valence electrons. The fraction of sp³-hybridized carbons (Fsp3) is 0.462. The SMILES string of the molecule is COC(=O)c1ccc(C(F)(F)F)nc1N1CC[C@H](C(N)=O)C1. The van der Waals surface area contributed by atoms with Crippen molar-refractivity contribution >= 4 is 17.7 Å². The van der Waals surface area contributed by atoms with E-state index >= 15 is 0 Å². The van der Waals surface area contributed by atoms with Crippen LogP contribution in [0, 0.1) is 5.92 Å². The molecule has 0 radical (unpaired) electrons. The first-order valence-corrected chi connectivity index (χ1v) is 6.45. The summed E-state index contributed by atoms with van der Waals surface area (Å²) in [5, 5.41) is 0. The molecular formula is C13H14F3N3O3. The van der Waals surface area contributed by atoms with E-state index in [1.807, 2.05) is 0 Å². The van der Waals surface area contributed by atoms with E-state index in [0.717, 1.165) is 19.2 Å². The molecule has 22 heavy (non-hydrogen) atoms. The summed E-state index contributed by atoms with van der Waals surface area (Å²) in [6.45, 7) is 0.402. The zero-order chi connectivity index (χ0) is 16.5. The van der Waals surface area contributed by atoms with Crippen molar-refractivity contribution in [3.8, 4) is 0 Å². The Bertz CT molecular complexity index is 604. The van der Waals surface area contributed by atoms with Gasteiger partial charge in [0.25, 0.3) is 0 Å². The molecule has 1 saturated heterocycles. The van der Waals surface area contributed by atoms with Crippen LogP contribution in [0.4, 0.5) is 19.0 Å². The van der Waals surface area contributed by atoms with Crippen LogP contribution in [0.1, 0.15) is 22.5 Å². The van der Waals surface area contributed by atoms with Crippen LogP contribution in [-0.2, 0) is 15.7 Å². The van der Waals surface area contributed by atoms with Crippen LogP contribution in [0.3, 0.4) is 0 Å². The Hall–Kier alpha value is -2.32. The van der Waals surface area contributed by atoms with Gasteiger partial charge in [0.2, 0.25) is 5.91 Å². The molecule has 0 spiro atoms. The van der Waals surface area contributed by atoms with Crippen LogP contribution in [0.15, 0.2) is 12.1 Å². The maximum Gasteiger partial charge on any atom is 0.433 e. The Kier molecular flexibility index (Phi) is 4.25. The number of nitrogens with two attached hydrogens (primary N) is 1. The topological polar surface area (TPSA) is 85.5 Å². The zero-order valence-corrected chi connectivity index (χ0v) is 11.7. The van der Waals surface area contributed by atoms with Gasteiger partial charge in [-0.15, -0.1) is 0 Å². The fourth-order valence-electron chi connectivity index (χ4n) is 2.30. The maximum atomic E-state index is 12.8. The number of hydrogen-bond donors (Lipinski definition) is 1. The molecule has 0 saturated carbocycles. The van der Waals surface area contributed by atoms with Crippen molar-refractivity contribution < 1.29 is 27.5 Å². The van der Waals surface area contributed by atoms with Gasteiger partial charge in [0.1, 0.15) is 17.1 Å². The largest absolute Gasteiger partial charge is 0.465 e. The summed E-state index contributed by atoms with van der Waals surface area (Å²) >= 11 is 0. The number of esters is 1. The molecule has 1 aliphatic heterocycles. The summed E-state index contributed by atoms with van der Waals surface area (Å²) in [6, 6.07) is 1.74. The fourth-order valence-corrected chi connectivity index (χ4v) is 2.30. The van der Waals surface area contributed by atoms with E-state index in [1.54, 1.807) is 0 Å². The number of alkyl halides is 3. The second-order valence-electron chi connectivity index (χ2n) is 4.89. The first kappa shape index (κ1) is 16.1. The molecule has 1 aliphatic rings. The predicted octanol–water partition coefficient (Wildman–Crippen LogP) is 1.20. The van der Waals surface area contributed by atoms with Gasteiger partial charge in [-0.05, 0) is 18.6 Å². The molecule has 1 aromatic rings. The molecule has 2 N–H and O–H groups in total. The van der Waals surface area contributed by atoms with Crippen LogP contribution < -0.4 is 10.6 Å². The summed E-state index contributed by atoms with van der Waals surface area (Å²) in [5.74, 6) is -1.96. The number of halogens is 3. The number of primary amides is 1. The van der Waals surface area contributed by atoms with Gasteiger partial charge in [0.15, 0.2) is 0 Å². The number of nitrogens with zero attached hydrogens (tertiary/aromatic N) is 2. The van der Waals surface area contributed by atoms with Crippen molar-refractivity contribution in [2.24, 2.45) is 11.7 Å². The number of pyridine rings is 1. The van der Waals surface area contributed by atoms with E-state index in [2.05, 4.69) is 9.72 Å². The van der Waals surface area contributed by atoms with Gasteiger partial charge in [-0.1, -0.05) is 0 Å². The lowest BCUT2D eigenvalue weighted by atomic mass is 10.1. The Morgan fingerprint density at radius 3 is 2.59 bits per heavy atom. The van der Waals surface area contributed by atoms with E-state index in [-0.39, 0.29) is 24.5 Å². The third-order valence-corrected chi connectivity index (χ3v) is 3.46. The Labute approximate surface area is 124 Å². The molecule has 6 nitrogen and oxygen atoms in total. The van der Waals surface area contributed by atoms with Gasteiger partial charge in [-0.3, -0.25) is 4.79 Å². The zero-order valence-electron chi connectivity index (χ0n) is 11.7. The van der Waals surface area contributed by atoms with Crippen molar-refractivity contribution in [3.05, 3.63) is 23.4 Å². The molecule has 0 bridgehead atoms. The third kappa shape index (κ3) is 3.12. The van der Waals surface area contributed by atoms with E-state index in [4.69, 9.17) is 5.73 Å². The number of anilines is 1. The first-order valence-electron chi connectivity index (χ1n) is 6.45. The van der Waals surface area contributed by atoms with Crippen LogP contribution in [0.25, 0.3) is 0 Å². The molecule has 0 aromatic carbocycles. The van der Waals surface area contributed by atoms with Crippen LogP contribution in [-0.4, -0.2) is 37.1 Å². The highest BCUT2D eigenvalue weighted by atomic mass is 19.4. The lowest BCUT2D eigenvalue weighted by Gasteiger charge is -2.21. The van der Waals surface area contributed by atoms with Crippen molar-refractivity contribution in [1.82, 2.24) is 4.98 Å². The lowest BCUT2D eigenvalue weighted by Crippen LogP contribution is -2.29. The summed E-state index contributed by atoms with van der Waals surface area (Å²) in [6.07, 6.45) is -4.24. The van der Waals surface area contributed by atoms with Crippen molar-refractivity contribution in [2.75, 3.05) is 25.1 Å². The monoisotopic (exact) mass is 317 g/mol. The molecule has 1 amide bonds. The summed E-state index contributed by atoms with van der Waals surface area (Å²) in [5.41, 5.74) is 4.01. The summed E-state index contributed by atoms with van der Waals surface area (Å²) in [4.78, 5) is 27.9. The number of methoxy groups -OCH3 is 1. The van der Waals surface area contributed by atoms with Gasteiger partial charge in [-0.25, -0.2) is 9.78 Å². The van der Waals surface area contributed by atoms with Gasteiger partial charge >= 0.3 is 12.1 Å². The molecule has 0 unspecified atom stereocenters. The van der Waals surface area contributed by atoms with Gasteiger partial charge in [0.05, 0.1) is 13.0 Å². The van der Waals surface area contributed by atoms with Crippen LogP contribution >= 0.6 is 0 Å². The average molecular weight is 317 g/mol. The molecule has 9 heteroatoms. The number of ether oxygens (including phenoxy) is 1. The molecular weight excluding hydrogens is 303 g/mol. The Morgan fingerprint density at radius 2 is 2.09 bits per heavy atom. The third-order valence-electron chi connectivity index (χ3n) is 3.46. The van der Waals surface area contributed by atoms with Crippen molar-refractivity contribution in [2.45, 2.75) is 12.6 Å². The molecule has 0 aliphatic carbocycles. The number of amides is 1. The van der Waals surface area contributed by atoms with Crippen LogP contribution in [0.5, 0.6) is 0 Å². The standard InChI is InChI=1S/C13H14F3N3O3/c1-22-12(21)8-2-3-9(13(14,15)16)18-11(8)19-5-4-7(6-19)10(17)20/h2-3,7H,4-6H2,1H3,(H2,17,20)/t7-/m0/s1. The highest BCUT2D eigenvalue weighted by molar-refractivity contribution is 5.95. The van der Waals surface area contributed by atoms with Gasteiger partial charge in [-0.2, -0.15) is 13.2 Å². The van der Waals surface area contributed by atoms with E-state index < -0.39 is 29.7 Å². The molecule has 2 heterocycles. The average Bonchev–Trinajstić information content (AvgIpc) is 2.94. The number of hydrogen-bond acceptors (Lipinski definition) is 5. The number of carbonyl (C=O) groups is 2. The molecule has 1 aromatic heterocycles. The smallest absolute Gasteiger partial charge is 0.433 e. The van der Waals surface area contributed by atoms with Crippen molar-refractivity contribution in [3.63, 3.8) is 0 Å². The minimum atomic E-state index is -4.63. The highest BCUT2D eigenvalue weighted by Gasteiger charge is 2.36. The maximum absolute atomic E-state index is 12.8. The summed E-state index contributed by atoms with van der Waals surface area (Å²) < 4.78 is 43.0. The molecule has 2 rings (SSSR count). The summed E-state index contributed by atoms with van der Waals surface area (Å²) in [7, 11) is 1.12. The highest BCUT2D eigenvalue weighted by Crippen LogP contribution is 2.32. The number of rotatable bonds is 3. The Morgan fingerprint density at radius 1 is 1.41 bits per heavy atom. The second-order valence-corrected chi connectivity index (χ2v) is 4.89. The predicted molar refractivity (Wildman–Crippen MR) is 70.1 cm³/mol. The quantitative estimate of drug-likeness (QED) is 0.847. The molecule has 1 fully saturated rings. The molecule has 1 atom stereocenters.